The second-order valence-electron chi connectivity index (χ2n) is 8.86. The first-order valence-electron chi connectivity index (χ1n) is 12.0. The van der Waals surface area contributed by atoms with Crippen LogP contribution < -0.4 is 0 Å². The molecular formula is C30H28F3NO3. The first kappa shape index (κ1) is 26.2. The quantitative estimate of drug-likeness (QED) is 0.293. The van der Waals surface area contributed by atoms with Crippen LogP contribution in [-0.2, 0) is 6.42 Å². The number of hydrogen-bond donors (Lipinski definition) is 1. The van der Waals surface area contributed by atoms with Gasteiger partial charge < -0.3 is 14.4 Å². The van der Waals surface area contributed by atoms with Gasteiger partial charge in [-0.15, -0.1) is 13.2 Å². The fourth-order valence-corrected chi connectivity index (χ4v) is 4.48. The maximum Gasteiger partial charge on any atom is 0.253 e. The molecule has 1 N–H and O–H groups in total. The van der Waals surface area contributed by atoms with Crippen LogP contribution in [0.25, 0.3) is 33.2 Å². The lowest BCUT2D eigenvalue weighted by Crippen LogP contribution is -2.42. The summed E-state index contributed by atoms with van der Waals surface area (Å²) in [5.74, 6) is -2.64. The summed E-state index contributed by atoms with van der Waals surface area (Å²) >= 11 is 0. The predicted octanol–water partition coefficient (Wildman–Crippen LogP) is 7.11. The number of amides is 1. The van der Waals surface area contributed by atoms with Crippen molar-refractivity contribution in [2.75, 3.05) is 19.7 Å². The van der Waals surface area contributed by atoms with Crippen molar-refractivity contribution in [1.82, 2.24) is 4.90 Å². The average Bonchev–Trinajstić information content (AvgIpc) is 3.32. The molecule has 1 amide bonds. The third-order valence-electron chi connectivity index (χ3n) is 6.43. The van der Waals surface area contributed by atoms with Crippen molar-refractivity contribution >= 4 is 16.9 Å². The summed E-state index contributed by atoms with van der Waals surface area (Å²) in [4.78, 5) is 14.3. The fraction of sp³-hybridized carbons (Fsp3) is 0.233. The molecular weight excluding hydrogens is 479 g/mol. The first-order valence-corrected chi connectivity index (χ1v) is 12.0. The minimum absolute atomic E-state index is 0.0390. The summed E-state index contributed by atoms with van der Waals surface area (Å²) in [6.45, 7) is 6.05. The number of aliphatic hydroxyl groups is 1. The number of aliphatic hydroxyl groups excluding tert-OH is 1. The number of carbonyl (C=O) groups excluding carboxylic acids is 1. The number of rotatable bonds is 5. The third kappa shape index (κ3) is 5.78. The van der Waals surface area contributed by atoms with E-state index in [0.29, 0.717) is 23.3 Å². The topological polar surface area (TPSA) is 53.7 Å². The summed E-state index contributed by atoms with van der Waals surface area (Å²) in [6.07, 6.45) is -0.246. The number of carbonyl (C=O) groups is 1. The highest BCUT2D eigenvalue weighted by Gasteiger charge is 2.35. The van der Waals surface area contributed by atoms with Crippen LogP contribution in [0.4, 0.5) is 13.2 Å². The Balaban J connectivity index is 0.00000156. The van der Waals surface area contributed by atoms with Gasteiger partial charge in [-0.05, 0) is 59.2 Å². The second-order valence-corrected chi connectivity index (χ2v) is 8.86. The fourth-order valence-electron chi connectivity index (χ4n) is 4.48. The van der Waals surface area contributed by atoms with Gasteiger partial charge in [0.15, 0.2) is 0 Å². The first-order chi connectivity index (χ1) is 17.8. The second kappa shape index (κ2) is 11.0. The number of hydrogen-bond acceptors (Lipinski definition) is 3. The van der Waals surface area contributed by atoms with E-state index in [1.807, 2.05) is 30.3 Å². The lowest BCUT2D eigenvalue weighted by atomic mass is 9.96. The number of nitrogens with zero attached hydrogens (tertiary/aromatic N) is 1. The highest BCUT2D eigenvalue weighted by molar-refractivity contribution is 5.98. The molecule has 192 valence electrons. The standard InChI is InChI=1S/C28H24F3NO3.C2H4/c29-23-7-5-19(6-8-23)25-17-21(15-22-16-24(9-14-33)35-26(22)25)18-1-3-20(4-2-18)27(34)32-12-10-28(30,31)11-13-32;1-2/h1-8,15-17,33H,9-14H2;1-2H2. The molecule has 7 heteroatoms. The van der Waals surface area contributed by atoms with Crippen LogP contribution in [0.2, 0.25) is 0 Å². The van der Waals surface area contributed by atoms with Gasteiger partial charge in [0.2, 0.25) is 0 Å². The lowest BCUT2D eigenvalue weighted by Gasteiger charge is -2.31. The molecule has 0 aliphatic carbocycles. The predicted molar refractivity (Wildman–Crippen MR) is 139 cm³/mol. The van der Waals surface area contributed by atoms with Crippen molar-refractivity contribution in [3.05, 3.63) is 97.0 Å². The SMILES string of the molecule is C=C.O=C(c1ccc(-c2cc(-c3ccc(F)cc3)c3oc(CCO)cc3c2)cc1)N1CCC(F)(F)CC1. The highest BCUT2D eigenvalue weighted by atomic mass is 19.3. The van der Waals surface area contributed by atoms with Gasteiger partial charge in [-0.1, -0.05) is 24.3 Å². The zero-order valence-corrected chi connectivity index (χ0v) is 20.4. The van der Waals surface area contributed by atoms with E-state index in [4.69, 9.17) is 4.42 Å². The third-order valence-corrected chi connectivity index (χ3v) is 6.43. The Hall–Kier alpha value is -3.84. The summed E-state index contributed by atoms with van der Waals surface area (Å²) in [5, 5.41) is 10.2. The minimum atomic E-state index is -2.70. The maximum atomic E-state index is 13.5. The van der Waals surface area contributed by atoms with E-state index in [0.717, 1.165) is 27.6 Å². The van der Waals surface area contributed by atoms with Crippen LogP contribution >= 0.6 is 0 Å². The maximum absolute atomic E-state index is 13.5. The van der Waals surface area contributed by atoms with Gasteiger partial charge in [0.25, 0.3) is 11.8 Å². The van der Waals surface area contributed by atoms with Crippen molar-refractivity contribution in [2.24, 2.45) is 0 Å². The van der Waals surface area contributed by atoms with E-state index in [-0.39, 0.29) is 44.3 Å². The minimum Gasteiger partial charge on any atom is -0.460 e. The van der Waals surface area contributed by atoms with Gasteiger partial charge in [-0.2, -0.15) is 0 Å². The van der Waals surface area contributed by atoms with Gasteiger partial charge >= 0.3 is 0 Å². The van der Waals surface area contributed by atoms with Crippen LogP contribution in [0.3, 0.4) is 0 Å². The van der Waals surface area contributed by atoms with Crippen LogP contribution in [0.15, 0.2) is 84.3 Å². The van der Waals surface area contributed by atoms with E-state index < -0.39 is 5.92 Å². The van der Waals surface area contributed by atoms with Crippen LogP contribution in [0, 0.1) is 5.82 Å². The van der Waals surface area contributed by atoms with Gasteiger partial charge in [0.1, 0.15) is 17.2 Å². The van der Waals surface area contributed by atoms with Crippen molar-refractivity contribution in [1.29, 1.82) is 0 Å². The van der Waals surface area contributed by atoms with E-state index in [1.165, 1.54) is 17.0 Å². The number of alkyl halides is 2. The average molecular weight is 508 g/mol. The molecule has 4 nitrogen and oxygen atoms in total. The number of likely N-dealkylation sites (tertiary alicyclic amines) is 1. The summed E-state index contributed by atoms with van der Waals surface area (Å²) in [6, 6.07) is 19.0. The smallest absolute Gasteiger partial charge is 0.253 e. The van der Waals surface area contributed by atoms with E-state index in [1.54, 1.807) is 24.3 Å². The summed E-state index contributed by atoms with van der Waals surface area (Å²) < 4.78 is 46.4. The monoisotopic (exact) mass is 507 g/mol. The summed E-state index contributed by atoms with van der Waals surface area (Å²) in [5.41, 5.74) is 4.42. The summed E-state index contributed by atoms with van der Waals surface area (Å²) in [7, 11) is 0. The van der Waals surface area contributed by atoms with Crippen LogP contribution in [0.1, 0.15) is 29.0 Å². The molecule has 3 aromatic carbocycles. The Kier molecular flexibility index (Phi) is 7.83. The van der Waals surface area contributed by atoms with Gasteiger partial charge in [-0.3, -0.25) is 4.79 Å². The van der Waals surface area contributed by atoms with E-state index >= 15 is 0 Å². The zero-order valence-electron chi connectivity index (χ0n) is 20.4. The Morgan fingerprint density at radius 1 is 0.919 bits per heavy atom. The lowest BCUT2D eigenvalue weighted by molar-refractivity contribution is -0.0494. The molecule has 37 heavy (non-hydrogen) atoms. The molecule has 5 rings (SSSR count). The van der Waals surface area contributed by atoms with Crippen molar-refractivity contribution in [2.45, 2.75) is 25.2 Å². The molecule has 1 aliphatic rings. The molecule has 0 radical (unpaired) electrons. The van der Waals surface area contributed by atoms with E-state index in [2.05, 4.69) is 13.2 Å². The number of fused-ring (bicyclic) bond motifs is 1. The largest absolute Gasteiger partial charge is 0.460 e. The number of benzene rings is 3. The normalized spacial score (nSPS) is 14.8. The Morgan fingerprint density at radius 3 is 2.16 bits per heavy atom. The molecule has 1 aromatic heterocycles. The number of halogens is 3. The molecule has 0 saturated carbocycles. The molecule has 1 fully saturated rings. The molecule has 4 aromatic rings. The molecule has 0 spiro atoms. The van der Waals surface area contributed by atoms with Crippen LogP contribution in [0.5, 0.6) is 0 Å². The van der Waals surface area contributed by atoms with Gasteiger partial charge in [0, 0.05) is 48.9 Å². The van der Waals surface area contributed by atoms with Gasteiger partial charge in [-0.25, -0.2) is 13.2 Å². The molecule has 0 unspecified atom stereocenters. The zero-order chi connectivity index (χ0) is 26.6. The van der Waals surface area contributed by atoms with Crippen LogP contribution in [-0.4, -0.2) is 41.5 Å². The van der Waals surface area contributed by atoms with E-state index in [9.17, 15) is 23.1 Å². The molecule has 0 atom stereocenters. The van der Waals surface area contributed by atoms with Crippen molar-refractivity contribution in [3.63, 3.8) is 0 Å². The van der Waals surface area contributed by atoms with Gasteiger partial charge in [0.05, 0.1) is 6.61 Å². The highest BCUT2D eigenvalue weighted by Crippen LogP contribution is 2.36. The molecule has 0 bridgehead atoms. The Labute approximate surface area is 213 Å². The van der Waals surface area contributed by atoms with Crippen molar-refractivity contribution in [3.8, 4) is 22.3 Å². The Morgan fingerprint density at radius 2 is 1.54 bits per heavy atom. The Bertz CT molecular complexity index is 1370. The molecule has 1 saturated heterocycles. The number of piperidine rings is 1. The molecule has 1 aliphatic heterocycles. The number of furan rings is 1. The molecule has 2 heterocycles. The van der Waals surface area contributed by atoms with Crippen molar-refractivity contribution < 1.29 is 27.5 Å².